The van der Waals surface area contributed by atoms with Crippen LogP contribution in [0.1, 0.15) is 43.7 Å². The van der Waals surface area contributed by atoms with Crippen LogP contribution in [0.3, 0.4) is 0 Å². The Morgan fingerprint density at radius 1 is 1.29 bits per heavy atom. The highest BCUT2D eigenvalue weighted by Crippen LogP contribution is 2.28. The highest BCUT2D eigenvalue weighted by molar-refractivity contribution is 5.26. The summed E-state index contributed by atoms with van der Waals surface area (Å²) in [5.41, 5.74) is 2.29. The molecule has 0 bridgehead atoms. The second-order valence-corrected chi connectivity index (χ2v) is 4.54. The number of aromatic nitrogens is 1. The Kier molecular flexibility index (Phi) is 4.26. The summed E-state index contributed by atoms with van der Waals surface area (Å²) >= 11 is 0. The van der Waals surface area contributed by atoms with E-state index in [9.17, 15) is 4.39 Å². The second kappa shape index (κ2) is 5.92. The van der Waals surface area contributed by atoms with Crippen molar-refractivity contribution in [3.63, 3.8) is 0 Å². The minimum absolute atomic E-state index is 0.108. The predicted molar refractivity (Wildman–Crippen MR) is 67.2 cm³/mol. The highest BCUT2D eigenvalue weighted by Gasteiger charge is 2.16. The molecule has 0 aromatic carbocycles. The average Bonchev–Trinajstić information content (AvgIpc) is 2.59. The van der Waals surface area contributed by atoms with Crippen LogP contribution in [0.4, 0.5) is 4.39 Å². The van der Waals surface area contributed by atoms with Gasteiger partial charge in [-0.15, -0.1) is 0 Å². The van der Waals surface area contributed by atoms with E-state index in [1.54, 1.807) is 12.3 Å². The Labute approximate surface area is 102 Å². The largest absolute Gasteiger partial charge is 0.310 e. The van der Waals surface area contributed by atoms with E-state index in [1.807, 2.05) is 7.05 Å². The van der Waals surface area contributed by atoms with Gasteiger partial charge in [0.2, 0.25) is 0 Å². The Morgan fingerprint density at radius 3 is 2.94 bits per heavy atom. The molecule has 1 unspecified atom stereocenters. The molecule has 1 aromatic rings. The smallest absolute Gasteiger partial charge is 0.141 e. The summed E-state index contributed by atoms with van der Waals surface area (Å²) < 4.78 is 13.2. The molecule has 1 aromatic heterocycles. The molecule has 1 aliphatic rings. The van der Waals surface area contributed by atoms with Crippen molar-refractivity contribution in [2.45, 2.75) is 38.1 Å². The molecule has 2 rings (SSSR count). The van der Waals surface area contributed by atoms with Crippen LogP contribution in [-0.2, 0) is 0 Å². The Bertz CT molecular complexity index is 401. The van der Waals surface area contributed by atoms with Gasteiger partial charge >= 0.3 is 0 Å². The molecule has 0 saturated heterocycles. The molecule has 0 fully saturated rings. The fraction of sp³-hybridized carbons (Fsp3) is 0.500. The van der Waals surface area contributed by atoms with E-state index in [4.69, 9.17) is 0 Å². The first kappa shape index (κ1) is 12.2. The Balaban J connectivity index is 2.23. The van der Waals surface area contributed by atoms with Gasteiger partial charge in [-0.25, -0.2) is 4.39 Å². The maximum atomic E-state index is 13.2. The van der Waals surface area contributed by atoms with Crippen molar-refractivity contribution in [1.29, 1.82) is 0 Å². The number of nitrogens with one attached hydrogen (secondary N) is 1. The van der Waals surface area contributed by atoms with Crippen LogP contribution in [0.5, 0.6) is 0 Å². The van der Waals surface area contributed by atoms with Gasteiger partial charge in [-0.1, -0.05) is 18.1 Å². The minimum Gasteiger partial charge on any atom is -0.310 e. The third kappa shape index (κ3) is 3.13. The molecule has 0 aliphatic heterocycles. The fourth-order valence-corrected chi connectivity index (χ4v) is 2.45. The third-order valence-corrected chi connectivity index (χ3v) is 3.29. The van der Waals surface area contributed by atoms with Crippen LogP contribution >= 0.6 is 0 Å². The molecule has 17 heavy (non-hydrogen) atoms. The lowest BCUT2D eigenvalue weighted by Gasteiger charge is -2.19. The number of nitrogens with zero attached hydrogens (tertiary/aromatic N) is 1. The quantitative estimate of drug-likeness (QED) is 0.811. The van der Waals surface area contributed by atoms with E-state index >= 15 is 0 Å². The van der Waals surface area contributed by atoms with E-state index in [0.717, 1.165) is 18.4 Å². The fourth-order valence-electron chi connectivity index (χ4n) is 2.45. The van der Waals surface area contributed by atoms with Gasteiger partial charge in [0.1, 0.15) is 5.82 Å². The molecule has 1 N–H and O–H groups in total. The van der Waals surface area contributed by atoms with Crippen LogP contribution in [0.2, 0.25) is 0 Å². The lowest BCUT2D eigenvalue weighted by atomic mass is 9.96. The van der Waals surface area contributed by atoms with E-state index in [-0.39, 0.29) is 11.9 Å². The molecule has 2 nitrogen and oxygen atoms in total. The predicted octanol–water partition coefficient (Wildman–Crippen LogP) is 3.37. The first-order valence-electron chi connectivity index (χ1n) is 6.28. The molecule has 1 atom stereocenters. The van der Waals surface area contributed by atoms with Crippen LogP contribution in [-0.4, -0.2) is 12.0 Å². The van der Waals surface area contributed by atoms with Crippen LogP contribution < -0.4 is 5.32 Å². The standard InChI is InChI=1S/C14H19FN2/c1-16-14(11-6-4-2-3-5-7-11)12-8-13(15)10-17-9-12/h6,8-10,14,16H,2-5,7H2,1H3. The topological polar surface area (TPSA) is 24.9 Å². The highest BCUT2D eigenvalue weighted by atomic mass is 19.1. The molecule has 1 aliphatic carbocycles. The van der Waals surface area contributed by atoms with Crippen molar-refractivity contribution in [2.24, 2.45) is 0 Å². The monoisotopic (exact) mass is 234 g/mol. The van der Waals surface area contributed by atoms with Crippen LogP contribution in [0.15, 0.2) is 30.1 Å². The van der Waals surface area contributed by atoms with Crippen molar-refractivity contribution in [1.82, 2.24) is 10.3 Å². The van der Waals surface area contributed by atoms with E-state index < -0.39 is 0 Å². The van der Waals surface area contributed by atoms with Crippen molar-refractivity contribution in [2.75, 3.05) is 7.05 Å². The van der Waals surface area contributed by atoms with Crippen molar-refractivity contribution < 1.29 is 4.39 Å². The summed E-state index contributed by atoms with van der Waals surface area (Å²) in [7, 11) is 1.92. The number of rotatable bonds is 3. The zero-order chi connectivity index (χ0) is 12.1. The lowest BCUT2D eigenvalue weighted by Crippen LogP contribution is -2.19. The summed E-state index contributed by atoms with van der Waals surface area (Å²) in [5.74, 6) is -0.267. The summed E-state index contributed by atoms with van der Waals surface area (Å²) in [6.07, 6.45) is 11.3. The molecular formula is C14H19FN2. The van der Waals surface area contributed by atoms with Gasteiger partial charge in [-0.3, -0.25) is 4.98 Å². The molecule has 0 spiro atoms. The summed E-state index contributed by atoms with van der Waals surface area (Å²) in [6.45, 7) is 0. The molecule has 0 radical (unpaired) electrons. The van der Waals surface area contributed by atoms with Crippen molar-refractivity contribution in [3.8, 4) is 0 Å². The van der Waals surface area contributed by atoms with Gasteiger partial charge < -0.3 is 5.32 Å². The first-order chi connectivity index (χ1) is 8.31. The maximum Gasteiger partial charge on any atom is 0.141 e. The molecule has 0 saturated carbocycles. The molecule has 92 valence electrons. The van der Waals surface area contributed by atoms with Crippen molar-refractivity contribution in [3.05, 3.63) is 41.5 Å². The van der Waals surface area contributed by atoms with Gasteiger partial charge in [0.25, 0.3) is 0 Å². The normalized spacial score (nSPS) is 18.4. The maximum absolute atomic E-state index is 13.2. The number of allylic oxidation sites excluding steroid dienone is 1. The van der Waals surface area contributed by atoms with E-state index in [2.05, 4.69) is 16.4 Å². The van der Waals surface area contributed by atoms with Gasteiger partial charge in [0, 0.05) is 6.20 Å². The Hall–Kier alpha value is -1.22. The Morgan fingerprint density at radius 2 is 2.18 bits per heavy atom. The zero-order valence-corrected chi connectivity index (χ0v) is 10.2. The molecule has 0 amide bonds. The third-order valence-electron chi connectivity index (χ3n) is 3.29. The molecule has 3 heteroatoms. The number of halogens is 1. The number of hydrogen-bond donors (Lipinski definition) is 1. The SMILES string of the molecule is CNC(C1=CCCCCC1)c1cncc(F)c1. The summed E-state index contributed by atoms with van der Waals surface area (Å²) in [4.78, 5) is 3.93. The van der Waals surface area contributed by atoms with Crippen molar-refractivity contribution >= 4 is 0 Å². The number of likely N-dealkylation sites (N-methyl/N-ethyl adjacent to an activating group) is 1. The van der Waals surface area contributed by atoms with Gasteiger partial charge in [-0.2, -0.15) is 0 Å². The average molecular weight is 234 g/mol. The van der Waals surface area contributed by atoms with E-state index in [1.165, 1.54) is 31.0 Å². The summed E-state index contributed by atoms with van der Waals surface area (Å²) in [6, 6.07) is 1.68. The number of hydrogen-bond acceptors (Lipinski definition) is 2. The van der Waals surface area contributed by atoms with E-state index in [0.29, 0.717) is 0 Å². The van der Waals surface area contributed by atoms with Gasteiger partial charge in [0.15, 0.2) is 0 Å². The van der Waals surface area contributed by atoms with Crippen LogP contribution in [0, 0.1) is 5.82 Å². The molecule has 1 heterocycles. The van der Waals surface area contributed by atoms with Crippen LogP contribution in [0.25, 0.3) is 0 Å². The van der Waals surface area contributed by atoms with Gasteiger partial charge in [0.05, 0.1) is 12.2 Å². The number of pyridine rings is 1. The zero-order valence-electron chi connectivity index (χ0n) is 10.2. The lowest BCUT2D eigenvalue weighted by molar-refractivity contribution is 0.597. The first-order valence-corrected chi connectivity index (χ1v) is 6.28. The molecular weight excluding hydrogens is 215 g/mol. The summed E-state index contributed by atoms with van der Waals surface area (Å²) in [5, 5.41) is 3.27. The van der Waals surface area contributed by atoms with Gasteiger partial charge in [-0.05, 0) is 44.4 Å². The second-order valence-electron chi connectivity index (χ2n) is 4.54. The minimum atomic E-state index is -0.267.